The van der Waals surface area contributed by atoms with Crippen molar-refractivity contribution in [1.29, 1.82) is 0 Å². The molecular weight excluding hydrogens is 252 g/mol. The standard InChI is InChI=1S/C21H30/c1-4-15-9-11-18-17-10-8-16-7-5-6-13-20(16,2)19(17)12-14-21(15,18)3/h5,7-8,12,15,17-18H,4,6,9-11,13-14H2,1-3H3/t15-,17-,18-,20-,21+/m0/s1. The second-order valence-corrected chi connectivity index (χ2v) is 8.43. The second-order valence-electron chi connectivity index (χ2n) is 8.43. The van der Waals surface area contributed by atoms with Crippen molar-refractivity contribution in [2.75, 3.05) is 0 Å². The molecule has 4 aliphatic rings. The van der Waals surface area contributed by atoms with Gasteiger partial charge in [0, 0.05) is 5.41 Å². The van der Waals surface area contributed by atoms with Crippen LogP contribution in [0, 0.1) is 28.6 Å². The molecule has 0 aliphatic heterocycles. The number of fused-ring (bicyclic) bond motifs is 5. The van der Waals surface area contributed by atoms with Crippen molar-refractivity contribution >= 4 is 0 Å². The maximum absolute atomic E-state index is 2.70. The van der Waals surface area contributed by atoms with Crippen LogP contribution >= 0.6 is 0 Å². The lowest BCUT2D eigenvalue weighted by atomic mass is 9.52. The van der Waals surface area contributed by atoms with E-state index < -0.39 is 0 Å². The molecule has 1 saturated carbocycles. The van der Waals surface area contributed by atoms with Gasteiger partial charge in [-0.1, -0.05) is 57.1 Å². The fraction of sp³-hybridized carbons (Fsp3) is 0.714. The minimum atomic E-state index is 0.364. The van der Waals surface area contributed by atoms with Gasteiger partial charge in [-0.05, 0) is 67.3 Å². The summed E-state index contributed by atoms with van der Waals surface area (Å²) in [4.78, 5) is 0. The first-order valence-corrected chi connectivity index (χ1v) is 9.17. The van der Waals surface area contributed by atoms with Gasteiger partial charge >= 0.3 is 0 Å². The van der Waals surface area contributed by atoms with Gasteiger partial charge in [-0.25, -0.2) is 0 Å². The van der Waals surface area contributed by atoms with Gasteiger partial charge in [-0.2, -0.15) is 0 Å². The van der Waals surface area contributed by atoms with Crippen LogP contribution in [0.4, 0.5) is 0 Å². The van der Waals surface area contributed by atoms with Crippen LogP contribution in [0.2, 0.25) is 0 Å². The molecule has 4 aliphatic carbocycles. The zero-order chi connectivity index (χ0) is 14.7. The summed E-state index contributed by atoms with van der Waals surface area (Å²) < 4.78 is 0. The molecule has 0 spiro atoms. The number of hydrogen-bond donors (Lipinski definition) is 0. The van der Waals surface area contributed by atoms with E-state index in [0.717, 1.165) is 17.8 Å². The van der Waals surface area contributed by atoms with E-state index in [2.05, 4.69) is 45.1 Å². The monoisotopic (exact) mass is 282 g/mol. The molecule has 4 rings (SSSR count). The number of allylic oxidation sites excluding steroid dienone is 6. The molecule has 0 bridgehead atoms. The van der Waals surface area contributed by atoms with Crippen LogP contribution in [0.5, 0.6) is 0 Å². The smallest absolute Gasteiger partial charge is 0.0136 e. The van der Waals surface area contributed by atoms with Crippen LogP contribution in [-0.4, -0.2) is 0 Å². The Morgan fingerprint density at radius 1 is 1.19 bits per heavy atom. The average molecular weight is 282 g/mol. The Hall–Kier alpha value is -0.780. The van der Waals surface area contributed by atoms with Crippen LogP contribution < -0.4 is 0 Å². The summed E-state index contributed by atoms with van der Waals surface area (Å²) in [5.74, 6) is 2.76. The fourth-order valence-electron chi connectivity index (χ4n) is 6.38. The van der Waals surface area contributed by atoms with Crippen molar-refractivity contribution in [1.82, 2.24) is 0 Å². The Labute approximate surface area is 130 Å². The summed E-state index contributed by atoms with van der Waals surface area (Å²) in [6, 6.07) is 0. The lowest BCUT2D eigenvalue weighted by Crippen LogP contribution is -2.42. The number of rotatable bonds is 1. The lowest BCUT2D eigenvalue weighted by Gasteiger charge is -2.52. The third-order valence-corrected chi connectivity index (χ3v) is 7.72. The highest BCUT2D eigenvalue weighted by atomic mass is 14.6. The van der Waals surface area contributed by atoms with E-state index in [1.165, 1.54) is 44.9 Å². The van der Waals surface area contributed by atoms with E-state index in [1.807, 2.05) is 5.57 Å². The highest BCUT2D eigenvalue weighted by Crippen LogP contribution is 2.63. The van der Waals surface area contributed by atoms with E-state index >= 15 is 0 Å². The van der Waals surface area contributed by atoms with Crippen LogP contribution in [0.1, 0.15) is 65.7 Å². The van der Waals surface area contributed by atoms with Crippen molar-refractivity contribution in [3.63, 3.8) is 0 Å². The largest absolute Gasteiger partial charge is 0.0842 e. The highest BCUT2D eigenvalue weighted by molar-refractivity contribution is 5.44. The lowest BCUT2D eigenvalue weighted by molar-refractivity contribution is 0.0940. The van der Waals surface area contributed by atoms with E-state index in [1.54, 1.807) is 5.57 Å². The summed E-state index contributed by atoms with van der Waals surface area (Å²) in [7, 11) is 0. The van der Waals surface area contributed by atoms with E-state index in [4.69, 9.17) is 0 Å². The van der Waals surface area contributed by atoms with Crippen molar-refractivity contribution in [3.8, 4) is 0 Å². The molecule has 0 aromatic rings. The molecule has 5 atom stereocenters. The summed E-state index contributed by atoms with van der Waals surface area (Å²) in [5.41, 5.74) is 4.40. The van der Waals surface area contributed by atoms with E-state index in [0.29, 0.717) is 10.8 Å². The molecule has 0 nitrogen and oxygen atoms in total. The first kappa shape index (κ1) is 13.9. The number of hydrogen-bond acceptors (Lipinski definition) is 0. The van der Waals surface area contributed by atoms with Crippen LogP contribution in [0.3, 0.4) is 0 Å². The highest BCUT2D eigenvalue weighted by Gasteiger charge is 2.54. The topological polar surface area (TPSA) is 0 Å². The zero-order valence-electron chi connectivity index (χ0n) is 14.0. The molecule has 0 aromatic carbocycles. The third kappa shape index (κ3) is 1.74. The van der Waals surface area contributed by atoms with Gasteiger partial charge in [0.05, 0.1) is 0 Å². The molecule has 0 aromatic heterocycles. The van der Waals surface area contributed by atoms with Gasteiger partial charge in [-0.15, -0.1) is 0 Å². The SMILES string of the molecule is CC[C@H]1CC[C@H]2[C@@H]3CC=C4C=CCC[C@]4(C)C3=CC[C@]12C. The molecular formula is C21H30. The van der Waals surface area contributed by atoms with Gasteiger partial charge in [0.25, 0.3) is 0 Å². The van der Waals surface area contributed by atoms with E-state index in [9.17, 15) is 0 Å². The molecule has 0 heteroatoms. The first-order chi connectivity index (χ1) is 10.1. The Morgan fingerprint density at radius 2 is 2.05 bits per heavy atom. The maximum atomic E-state index is 2.70. The minimum Gasteiger partial charge on any atom is -0.0842 e. The van der Waals surface area contributed by atoms with Crippen molar-refractivity contribution in [2.45, 2.75) is 65.7 Å². The van der Waals surface area contributed by atoms with Gasteiger partial charge in [0.2, 0.25) is 0 Å². The molecule has 0 saturated heterocycles. The predicted molar refractivity (Wildman–Crippen MR) is 90.0 cm³/mol. The fourth-order valence-corrected chi connectivity index (χ4v) is 6.38. The molecule has 0 N–H and O–H groups in total. The van der Waals surface area contributed by atoms with Crippen molar-refractivity contribution < 1.29 is 0 Å². The van der Waals surface area contributed by atoms with E-state index in [-0.39, 0.29) is 0 Å². The van der Waals surface area contributed by atoms with Crippen LogP contribution in [0.25, 0.3) is 0 Å². The first-order valence-electron chi connectivity index (χ1n) is 9.17. The maximum Gasteiger partial charge on any atom is 0.0136 e. The zero-order valence-corrected chi connectivity index (χ0v) is 14.0. The van der Waals surface area contributed by atoms with Gasteiger partial charge in [0.1, 0.15) is 0 Å². The summed E-state index contributed by atoms with van der Waals surface area (Å²) in [5, 5.41) is 0. The normalized spacial score (nSPS) is 48.0. The van der Waals surface area contributed by atoms with Crippen molar-refractivity contribution in [2.24, 2.45) is 28.6 Å². The third-order valence-electron chi connectivity index (χ3n) is 7.72. The molecule has 114 valence electrons. The Morgan fingerprint density at radius 3 is 2.86 bits per heavy atom. The molecule has 0 radical (unpaired) electrons. The molecule has 0 heterocycles. The van der Waals surface area contributed by atoms with Crippen LogP contribution in [-0.2, 0) is 0 Å². The quantitative estimate of drug-likeness (QED) is 0.513. The Kier molecular flexibility index (Phi) is 3.04. The summed E-state index contributed by atoms with van der Waals surface area (Å²) >= 11 is 0. The molecule has 21 heavy (non-hydrogen) atoms. The van der Waals surface area contributed by atoms with Crippen molar-refractivity contribution in [3.05, 3.63) is 35.5 Å². The molecule has 0 unspecified atom stereocenters. The van der Waals surface area contributed by atoms with Crippen LogP contribution in [0.15, 0.2) is 35.5 Å². The van der Waals surface area contributed by atoms with Gasteiger partial charge < -0.3 is 0 Å². The Balaban J connectivity index is 1.75. The molecule has 1 fully saturated rings. The van der Waals surface area contributed by atoms with Gasteiger partial charge in [-0.3, -0.25) is 0 Å². The average Bonchev–Trinajstić information content (AvgIpc) is 2.83. The summed E-state index contributed by atoms with van der Waals surface area (Å²) in [6.45, 7) is 7.54. The minimum absolute atomic E-state index is 0.364. The summed E-state index contributed by atoms with van der Waals surface area (Å²) in [6.07, 6.45) is 19.6. The Bertz CT molecular complexity index is 534. The van der Waals surface area contributed by atoms with Gasteiger partial charge in [0.15, 0.2) is 0 Å². The predicted octanol–water partition coefficient (Wildman–Crippen LogP) is 6.06. The molecule has 0 amide bonds. The second kappa shape index (κ2) is 4.61.